The van der Waals surface area contributed by atoms with Crippen molar-refractivity contribution in [3.05, 3.63) is 12.2 Å². The topological polar surface area (TPSA) is 66.8 Å². The van der Waals surface area contributed by atoms with Gasteiger partial charge in [-0.2, -0.15) is 0 Å². The van der Waals surface area contributed by atoms with E-state index in [1.165, 1.54) is 0 Å². The van der Waals surface area contributed by atoms with E-state index in [1.807, 2.05) is 13.8 Å². The lowest BCUT2D eigenvalue weighted by molar-refractivity contribution is -0.141. The molecule has 1 saturated heterocycles. The predicted molar refractivity (Wildman–Crippen MR) is 71.8 cm³/mol. The van der Waals surface area contributed by atoms with E-state index in [0.29, 0.717) is 19.4 Å². The molecule has 0 aromatic heterocycles. The summed E-state index contributed by atoms with van der Waals surface area (Å²) in [5.41, 5.74) is 0.957. The molecular weight excluding hydrogens is 246 g/mol. The molecule has 1 N–H and O–H groups in total. The third-order valence-corrected chi connectivity index (χ3v) is 3.48. The number of amides is 1. The molecule has 1 aliphatic heterocycles. The van der Waals surface area contributed by atoms with Crippen molar-refractivity contribution in [2.24, 2.45) is 5.92 Å². The second-order valence-corrected chi connectivity index (χ2v) is 5.40. The van der Waals surface area contributed by atoms with Crippen LogP contribution in [0.15, 0.2) is 12.2 Å². The van der Waals surface area contributed by atoms with Crippen LogP contribution in [0.1, 0.15) is 33.1 Å². The molecule has 0 spiro atoms. The minimum absolute atomic E-state index is 0.00574. The van der Waals surface area contributed by atoms with Crippen LogP contribution in [0.2, 0.25) is 0 Å². The Morgan fingerprint density at radius 3 is 2.63 bits per heavy atom. The number of methoxy groups -OCH3 is 1. The Morgan fingerprint density at radius 2 is 2.16 bits per heavy atom. The quantitative estimate of drug-likeness (QED) is 0.745. The first kappa shape index (κ1) is 15.7. The number of ether oxygens (including phenoxy) is 1. The summed E-state index contributed by atoms with van der Waals surface area (Å²) in [5, 5.41) is 8.92. The molecule has 19 heavy (non-hydrogen) atoms. The van der Waals surface area contributed by atoms with Gasteiger partial charge in [-0.1, -0.05) is 12.5 Å². The molecule has 0 bridgehead atoms. The number of carboxylic acid groups (broad SMARTS) is 1. The molecule has 3 atom stereocenters. The number of nitrogens with zero attached hydrogens (tertiary/aromatic N) is 1. The Kier molecular flexibility index (Phi) is 5.54. The average molecular weight is 269 g/mol. The monoisotopic (exact) mass is 269 g/mol. The van der Waals surface area contributed by atoms with Gasteiger partial charge in [0.1, 0.15) is 0 Å². The van der Waals surface area contributed by atoms with E-state index in [9.17, 15) is 9.59 Å². The minimum atomic E-state index is -0.882. The standard InChI is InChI=1S/C14H23NO4/c1-9(2)5-10(3)14(18)15-8-12(19-4)6-11(15)7-13(16)17/h10-12H,1,5-8H2,2-4H3,(H,16,17)/t10-,11-,12+/m0/s1. The van der Waals surface area contributed by atoms with Crippen LogP contribution in [0.5, 0.6) is 0 Å². The van der Waals surface area contributed by atoms with Crippen molar-refractivity contribution >= 4 is 11.9 Å². The maximum absolute atomic E-state index is 12.4. The van der Waals surface area contributed by atoms with Gasteiger partial charge in [0.05, 0.1) is 12.5 Å². The highest BCUT2D eigenvalue weighted by molar-refractivity contribution is 5.80. The van der Waals surface area contributed by atoms with Crippen LogP contribution in [-0.4, -0.2) is 47.7 Å². The van der Waals surface area contributed by atoms with Gasteiger partial charge in [0.2, 0.25) is 5.91 Å². The molecule has 5 heteroatoms. The number of allylic oxidation sites excluding steroid dienone is 1. The molecule has 0 aromatic rings. The largest absolute Gasteiger partial charge is 0.481 e. The summed E-state index contributed by atoms with van der Waals surface area (Å²) in [6, 6.07) is -0.262. The Bertz CT molecular complexity index is 366. The zero-order valence-electron chi connectivity index (χ0n) is 11.9. The maximum atomic E-state index is 12.4. The first-order valence-electron chi connectivity index (χ1n) is 6.54. The average Bonchev–Trinajstić information content (AvgIpc) is 2.69. The fraction of sp³-hybridized carbons (Fsp3) is 0.714. The molecule has 108 valence electrons. The molecule has 1 fully saturated rings. The molecule has 1 heterocycles. The van der Waals surface area contributed by atoms with Crippen LogP contribution in [0, 0.1) is 5.92 Å². The molecular formula is C14H23NO4. The van der Waals surface area contributed by atoms with E-state index in [0.717, 1.165) is 5.57 Å². The van der Waals surface area contributed by atoms with Crippen LogP contribution >= 0.6 is 0 Å². The van der Waals surface area contributed by atoms with Gasteiger partial charge in [-0.05, 0) is 19.8 Å². The van der Waals surface area contributed by atoms with Gasteiger partial charge >= 0.3 is 5.97 Å². The van der Waals surface area contributed by atoms with Crippen LogP contribution in [0.25, 0.3) is 0 Å². The first-order valence-corrected chi connectivity index (χ1v) is 6.54. The highest BCUT2D eigenvalue weighted by Gasteiger charge is 2.37. The zero-order valence-corrected chi connectivity index (χ0v) is 11.9. The van der Waals surface area contributed by atoms with Crippen molar-refractivity contribution < 1.29 is 19.4 Å². The van der Waals surface area contributed by atoms with Crippen LogP contribution < -0.4 is 0 Å². The summed E-state index contributed by atoms with van der Waals surface area (Å²) in [7, 11) is 1.59. The predicted octanol–water partition coefficient (Wildman–Crippen LogP) is 1.68. The first-order chi connectivity index (χ1) is 8.85. The van der Waals surface area contributed by atoms with E-state index in [1.54, 1.807) is 12.0 Å². The van der Waals surface area contributed by atoms with Gasteiger partial charge in [-0.25, -0.2) is 0 Å². The molecule has 1 aliphatic rings. The molecule has 5 nitrogen and oxygen atoms in total. The van der Waals surface area contributed by atoms with Gasteiger partial charge in [-0.3, -0.25) is 9.59 Å². The molecule has 1 rings (SSSR count). The number of carbonyl (C=O) groups excluding carboxylic acids is 1. The fourth-order valence-corrected chi connectivity index (χ4v) is 2.60. The van der Waals surface area contributed by atoms with Gasteiger partial charge < -0.3 is 14.7 Å². The second kappa shape index (κ2) is 6.70. The third kappa shape index (κ3) is 4.35. The zero-order chi connectivity index (χ0) is 14.6. The Morgan fingerprint density at radius 1 is 1.53 bits per heavy atom. The van der Waals surface area contributed by atoms with Crippen molar-refractivity contribution in [3.8, 4) is 0 Å². The second-order valence-electron chi connectivity index (χ2n) is 5.40. The van der Waals surface area contributed by atoms with E-state index in [4.69, 9.17) is 9.84 Å². The lowest BCUT2D eigenvalue weighted by Gasteiger charge is -2.26. The third-order valence-electron chi connectivity index (χ3n) is 3.48. The normalized spacial score (nSPS) is 24.3. The Balaban J connectivity index is 2.73. The SMILES string of the molecule is C=C(C)C[C@H](C)C(=O)N1C[C@H](OC)C[C@H]1CC(=O)O. The summed E-state index contributed by atoms with van der Waals surface area (Å²) in [4.78, 5) is 24.9. The summed E-state index contributed by atoms with van der Waals surface area (Å²) >= 11 is 0. The molecule has 0 unspecified atom stereocenters. The van der Waals surface area contributed by atoms with Crippen LogP contribution in [0.4, 0.5) is 0 Å². The van der Waals surface area contributed by atoms with Crippen LogP contribution in [-0.2, 0) is 14.3 Å². The number of hydrogen-bond donors (Lipinski definition) is 1. The highest BCUT2D eigenvalue weighted by atomic mass is 16.5. The van der Waals surface area contributed by atoms with E-state index >= 15 is 0 Å². The van der Waals surface area contributed by atoms with Crippen molar-refractivity contribution in [2.75, 3.05) is 13.7 Å². The number of aliphatic carboxylic acids is 1. The summed E-state index contributed by atoms with van der Waals surface area (Å²) < 4.78 is 5.26. The smallest absolute Gasteiger partial charge is 0.305 e. The van der Waals surface area contributed by atoms with Gasteiger partial charge in [0.15, 0.2) is 0 Å². The minimum Gasteiger partial charge on any atom is -0.481 e. The number of carboxylic acids is 1. The summed E-state index contributed by atoms with van der Waals surface area (Å²) in [6.45, 7) is 8.04. The highest BCUT2D eigenvalue weighted by Crippen LogP contribution is 2.26. The van der Waals surface area contributed by atoms with Gasteiger partial charge in [0, 0.05) is 25.6 Å². The van der Waals surface area contributed by atoms with Crippen molar-refractivity contribution in [1.82, 2.24) is 4.90 Å². The van der Waals surface area contributed by atoms with E-state index < -0.39 is 5.97 Å². The molecule has 0 aliphatic carbocycles. The summed E-state index contributed by atoms with van der Waals surface area (Å²) in [5.74, 6) is -1.05. The Hall–Kier alpha value is -1.36. The van der Waals surface area contributed by atoms with Gasteiger partial charge in [-0.15, -0.1) is 6.58 Å². The maximum Gasteiger partial charge on any atom is 0.305 e. The summed E-state index contributed by atoms with van der Waals surface area (Å²) in [6.07, 6.45) is 1.14. The van der Waals surface area contributed by atoms with Crippen molar-refractivity contribution in [3.63, 3.8) is 0 Å². The molecule has 0 aromatic carbocycles. The van der Waals surface area contributed by atoms with Crippen molar-refractivity contribution in [1.29, 1.82) is 0 Å². The molecule has 0 radical (unpaired) electrons. The number of carbonyl (C=O) groups is 2. The van der Waals surface area contributed by atoms with Gasteiger partial charge in [0.25, 0.3) is 0 Å². The Labute approximate surface area is 114 Å². The number of rotatable bonds is 6. The lowest BCUT2D eigenvalue weighted by atomic mass is 10.0. The number of likely N-dealkylation sites (tertiary alicyclic amines) is 1. The number of hydrogen-bond acceptors (Lipinski definition) is 3. The molecule has 0 saturated carbocycles. The van der Waals surface area contributed by atoms with E-state index in [-0.39, 0.29) is 30.4 Å². The van der Waals surface area contributed by atoms with Crippen molar-refractivity contribution in [2.45, 2.75) is 45.3 Å². The van der Waals surface area contributed by atoms with Crippen LogP contribution in [0.3, 0.4) is 0 Å². The molecule has 1 amide bonds. The van der Waals surface area contributed by atoms with E-state index in [2.05, 4.69) is 6.58 Å². The fourth-order valence-electron chi connectivity index (χ4n) is 2.60. The lowest BCUT2D eigenvalue weighted by Crippen LogP contribution is -2.40.